The Bertz CT molecular complexity index is 195. The number of rotatable bonds is 4. The van der Waals surface area contributed by atoms with E-state index in [0.717, 1.165) is 25.9 Å². The molecule has 0 aliphatic carbocycles. The highest BCUT2D eigenvalue weighted by Gasteiger charge is 2.26. The van der Waals surface area contributed by atoms with Crippen molar-refractivity contribution in [3.8, 4) is 0 Å². The van der Waals surface area contributed by atoms with E-state index in [0.29, 0.717) is 12.5 Å². The van der Waals surface area contributed by atoms with Crippen molar-refractivity contribution in [2.75, 3.05) is 19.6 Å². The van der Waals surface area contributed by atoms with Crippen LogP contribution in [-0.2, 0) is 4.74 Å². The molecule has 2 N–H and O–H groups in total. The Hall–Kier alpha value is -0.770. The third kappa shape index (κ3) is 3.18. The summed E-state index contributed by atoms with van der Waals surface area (Å²) in [7, 11) is 0. The lowest BCUT2D eigenvalue weighted by molar-refractivity contribution is 0.0194. The quantitative estimate of drug-likeness (QED) is 0.742. The summed E-state index contributed by atoms with van der Waals surface area (Å²) in [5, 5.41) is 0. The Kier molecular flexibility index (Phi) is 4.20. The van der Waals surface area contributed by atoms with Crippen molar-refractivity contribution in [1.29, 1.82) is 0 Å². The number of hydrogen-bond donors (Lipinski definition) is 1. The van der Waals surface area contributed by atoms with Crippen molar-refractivity contribution in [2.24, 2.45) is 11.7 Å². The van der Waals surface area contributed by atoms with Gasteiger partial charge in [-0.15, -0.1) is 0 Å². The van der Waals surface area contributed by atoms with Crippen LogP contribution in [0.3, 0.4) is 0 Å². The molecule has 1 amide bonds. The molecule has 82 valence electrons. The van der Waals surface area contributed by atoms with Crippen LogP contribution in [0, 0.1) is 5.92 Å². The van der Waals surface area contributed by atoms with Gasteiger partial charge in [0, 0.05) is 19.5 Å². The van der Waals surface area contributed by atoms with Gasteiger partial charge in [-0.05, 0) is 18.9 Å². The van der Waals surface area contributed by atoms with E-state index in [1.54, 1.807) is 4.90 Å². The normalized spacial score (nSPS) is 22.7. The molecule has 1 heterocycles. The molecule has 1 unspecified atom stereocenters. The van der Waals surface area contributed by atoms with Gasteiger partial charge in [-0.1, -0.05) is 13.8 Å². The first-order valence-electron chi connectivity index (χ1n) is 5.29. The zero-order chi connectivity index (χ0) is 10.6. The van der Waals surface area contributed by atoms with Crippen LogP contribution in [0.4, 0.5) is 4.79 Å². The molecule has 4 nitrogen and oxygen atoms in total. The molecule has 14 heavy (non-hydrogen) atoms. The fraction of sp³-hybridized carbons (Fsp3) is 0.900. The Morgan fingerprint density at radius 1 is 1.64 bits per heavy atom. The average molecular weight is 200 g/mol. The number of hydrogen-bond acceptors (Lipinski definition) is 3. The lowest BCUT2D eigenvalue weighted by atomic mass is 10.1. The van der Waals surface area contributed by atoms with Crippen molar-refractivity contribution in [1.82, 2.24) is 4.90 Å². The first-order chi connectivity index (χ1) is 6.63. The monoisotopic (exact) mass is 200 g/mol. The van der Waals surface area contributed by atoms with Crippen LogP contribution in [0.1, 0.15) is 26.7 Å². The number of nitrogens with zero attached hydrogens (tertiary/aromatic N) is 1. The Balaban J connectivity index is 2.36. The summed E-state index contributed by atoms with van der Waals surface area (Å²) in [6.45, 7) is 6.37. The highest BCUT2D eigenvalue weighted by Crippen LogP contribution is 2.15. The van der Waals surface area contributed by atoms with Gasteiger partial charge in [0.1, 0.15) is 6.10 Å². The highest BCUT2D eigenvalue weighted by molar-refractivity contribution is 5.68. The molecule has 0 radical (unpaired) electrons. The van der Waals surface area contributed by atoms with E-state index < -0.39 is 0 Å². The van der Waals surface area contributed by atoms with Gasteiger partial charge in [-0.3, -0.25) is 0 Å². The highest BCUT2D eigenvalue weighted by atomic mass is 16.6. The van der Waals surface area contributed by atoms with Gasteiger partial charge in [0.05, 0.1) is 0 Å². The average Bonchev–Trinajstić information content (AvgIpc) is 2.10. The van der Waals surface area contributed by atoms with Crippen molar-refractivity contribution in [2.45, 2.75) is 32.8 Å². The van der Waals surface area contributed by atoms with E-state index in [9.17, 15) is 4.79 Å². The van der Waals surface area contributed by atoms with Crippen molar-refractivity contribution < 1.29 is 9.53 Å². The second-order valence-corrected chi connectivity index (χ2v) is 4.21. The standard InChI is InChI=1S/C10H20N2O2/c1-8(2)7-12-6-4-9(3-5-11)14-10(12)13/h8-9H,3-7,11H2,1-2H3. The van der Waals surface area contributed by atoms with Crippen LogP contribution >= 0.6 is 0 Å². The molecular weight excluding hydrogens is 180 g/mol. The van der Waals surface area contributed by atoms with E-state index in [4.69, 9.17) is 10.5 Å². The molecular formula is C10H20N2O2. The summed E-state index contributed by atoms with van der Waals surface area (Å²) in [6, 6.07) is 0. The van der Waals surface area contributed by atoms with Gasteiger partial charge in [0.25, 0.3) is 0 Å². The molecule has 1 rings (SSSR count). The topological polar surface area (TPSA) is 55.6 Å². The SMILES string of the molecule is CC(C)CN1CCC(CCN)OC1=O. The number of nitrogens with two attached hydrogens (primary N) is 1. The number of carbonyl (C=O) groups excluding carboxylic acids is 1. The Labute approximate surface area is 85.4 Å². The number of amides is 1. The van der Waals surface area contributed by atoms with Crippen LogP contribution in [-0.4, -0.2) is 36.7 Å². The molecule has 0 bridgehead atoms. The molecule has 1 fully saturated rings. The van der Waals surface area contributed by atoms with Crippen LogP contribution in [0.5, 0.6) is 0 Å². The lowest BCUT2D eigenvalue weighted by Gasteiger charge is -2.32. The van der Waals surface area contributed by atoms with Gasteiger partial charge in [-0.25, -0.2) is 4.79 Å². The molecule has 0 aromatic carbocycles. The summed E-state index contributed by atoms with van der Waals surface area (Å²) in [5.41, 5.74) is 5.42. The fourth-order valence-corrected chi connectivity index (χ4v) is 1.66. The van der Waals surface area contributed by atoms with Crippen molar-refractivity contribution in [3.63, 3.8) is 0 Å². The third-order valence-electron chi connectivity index (χ3n) is 2.32. The maximum Gasteiger partial charge on any atom is 0.410 e. The van der Waals surface area contributed by atoms with Gasteiger partial charge >= 0.3 is 6.09 Å². The van der Waals surface area contributed by atoms with Crippen molar-refractivity contribution >= 4 is 6.09 Å². The number of ether oxygens (including phenoxy) is 1. The molecule has 1 saturated heterocycles. The molecule has 0 spiro atoms. The zero-order valence-corrected chi connectivity index (χ0v) is 9.03. The summed E-state index contributed by atoms with van der Waals surface area (Å²) in [6.07, 6.45) is 1.55. The molecule has 1 atom stereocenters. The van der Waals surface area contributed by atoms with E-state index in [-0.39, 0.29) is 12.2 Å². The van der Waals surface area contributed by atoms with E-state index in [1.165, 1.54) is 0 Å². The minimum Gasteiger partial charge on any atom is -0.446 e. The van der Waals surface area contributed by atoms with Crippen LogP contribution in [0.15, 0.2) is 0 Å². The summed E-state index contributed by atoms with van der Waals surface area (Å²) >= 11 is 0. The number of cyclic esters (lactones) is 1. The van der Waals surface area contributed by atoms with Gasteiger partial charge in [-0.2, -0.15) is 0 Å². The minimum atomic E-state index is -0.177. The maximum atomic E-state index is 11.5. The Morgan fingerprint density at radius 2 is 2.36 bits per heavy atom. The van der Waals surface area contributed by atoms with E-state index in [2.05, 4.69) is 13.8 Å². The zero-order valence-electron chi connectivity index (χ0n) is 9.03. The van der Waals surface area contributed by atoms with E-state index >= 15 is 0 Å². The van der Waals surface area contributed by atoms with Crippen LogP contribution < -0.4 is 5.73 Å². The van der Waals surface area contributed by atoms with Crippen LogP contribution in [0.25, 0.3) is 0 Å². The predicted molar refractivity (Wildman–Crippen MR) is 55.0 cm³/mol. The molecule has 0 saturated carbocycles. The number of carbonyl (C=O) groups is 1. The molecule has 1 aliphatic heterocycles. The summed E-state index contributed by atoms with van der Waals surface area (Å²) in [5.74, 6) is 0.494. The molecule has 0 aromatic rings. The smallest absolute Gasteiger partial charge is 0.410 e. The molecule has 4 heteroatoms. The lowest BCUT2D eigenvalue weighted by Crippen LogP contribution is -2.44. The fourth-order valence-electron chi connectivity index (χ4n) is 1.66. The van der Waals surface area contributed by atoms with Crippen molar-refractivity contribution in [3.05, 3.63) is 0 Å². The minimum absolute atomic E-state index is 0.0379. The third-order valence-corrected chi connectivity index (χ3v) is 2.32. The maximum absolute atomic E-state index is 11.5. The Morgan fingerprint density at radius 3 is 2.86 bits per heavy atom. The first kappa shape index (κ1) is 11.3. The summed E-state index contributed by atoms with van der Waals surface area (Å²) in [4.78, 5) is 13.3. The van der Waals surface area contributed by atoms with Crippen LogP contribution in [0.2, 0.25) is 0 Å². The van der Waals surface area contributed by atoms with Gasteiger partial charge < -0.3 is 15.4 Å². The van der Waals surface area contributed by atoms with Gasteiger partial charge in [0.2, 0.25) is 0 Å². The first-order valence-corrected chi connectivity index (χ1v) is 5.29. The largest absolute Gasteiger partial charge is 0.446 e. The summed E-state index contributed by atoms with van der Waals surface area (Å²) < 4.78 is 5.25. The molecule has 0 aromatic heterocycles. The predicted octanol–water partition coefficient (Wildman–Crippen LogP) is 1.20. The molecule has 1 aliphatic rings. The second-order valence-electron chi connectivity index (χ2n) is 4.21. The van der Waals surface area contributed by atoms with Gasteiger partial charge in [0.15, 0.2) is 0 Å². The second kappa shape index (κ2) is 5.20. The van der Waals surface area contributed by atoms with E-state index in [1.807, 2.05) is 0 Å².